The van der Waals surface area contributed by atoms with Crippen LogP contribution in [0.4, 0.5) is 5.69 Å². The van der Waals surface area contributed by atoms with Gasteiger partial charge < -0.3 is 4.90 Å². The van der Waals surface area contributed by atoms with Gasteiger partial charge >= 0.3 is 0 Å². The number of hydrogen-bond donors (Lipinski definition) is 0. The minimum Gasteiger partial charge on any atom is -0.345 e. The summed E-state index contributed by atoms with van der Waals surface area (Å²) in [7, 11) is 0. The van der Waals surface area contributed by atoms with Crippen molar-refractivity contribution in [3.05, 3.63) is 41.1 Å². The Balaban J connectivity index is 2.51. The van der Waals surface area contributed by atoms with E-state index in [4.69, 9.17) is 0 Å². The Morgan fingerprint density at radius 1 is 1.17 bits per heavy atom. The Morgan fingerprint density at radius 2 is 1.78 bits per heavy atom. The maximum absolute atomic E-state index is 4.34. The molecule has 2 rings (SSSR count). The highest BCUT2D eigenvalue weighted by atomic mass is 15.2. The van der Waals surface area contributed by atoms with Crippen LogP contribution >= 0.6 is 0 Å². The fourth-order valence-electron chi connectivity index (χ4n) is 2.73. The van der Waals surface area contributed by atoms with Gasteiger partial charge in [-0.1, -0.05) is 39.8 Å². The van der Waals surface area contributed by atoms with Gasteiger partial charge in [-0.15, -0.1) is 0 Å². The van der Waals surface area contributed by atoms with Crippen LogP contribution in [0.3, 0.4) is 0 Å². The highest BCUT2D eigenvalue weighted by Gasteiger charge is 2.38. The number of fused-ring (bicyclic) bond motifs is 1. The lowest BCUT2D eigenvalue weighted by Crippen LogP contribution is -2.25. The maximum atomic E-state index is 4.34. The van der Waals surface area contributed by atoms with Gasteiger partial charge in [-0.25, -0.2) is 0 Å². The zero-order chi connectivity index (χ0) is 13.5. The molecule has 0 atom stereocenters. The molecule has 0 saturated heterocycles. The Hall–Kier alpha value is -1.24. The Morgan fingerprint density at radius 3 is 2.39 bits per heavy atom. The Kier molecular flexibility index (Phi) is 3.27. The number of unbranched alkanes of at least 4 members (excludes halogenated alkanes) is 1. The first-order valence-corrected chi connectivity index (χ1v) is 6.98. The number of aryl methyl sites for hydroxylation is 2. The number of nitrogens with zero attached hydrogens (tertiary/aromatic N) is 1. The number of benzene rings is 1. The lowest BCUT2D eigenvalue weighted by molar-refractivity contribution is 0.626. The molecule has 0 saturated carbocycles. The number of hydrogen-bond acceptors (Lipinski definition) is 1. The molecule has 0 aromatic heterocycles. The van der Waals surface area contributed by atoms with Gasteiger partial charge in [-0.3, -0.25) is 0 Å². The summed E-state index contributed by atoms with van der Waals surface area (Å²) in [4.78, 5) is 2.42. The molecular weight excluding hydrogens is 218 g/mol. The minimum absolute atomic E-state index is 0.0710. The van der Waals surface area contributed by atoms with Crippen molar-refractivity contribution in [3.63, 3.8) is 0 Å². The van der Waals surface area contributed by atoms with E-state index in [0.29, 0.717) is 0 Å². The van der Waals surface area contributed by atoms with Crippen molar-refractivity contribution in [2.75, 3.05) is 11.4 Å². The lowest BCUT2D eigenvalue weighted by atomic mass is 9.83. The van der Waals surface area contributed by atoms with E-state index in [1.807, 2.05) is 0 Å². The van der Waals surface area contributed by atoms with Gasteiger partial charge in [0.25, 0.3) is 0 Å². The van der Waals surface area contributed by atoms with Gasteiger partial charge in [0.2, 0.25) is 0 Å². The normalized spacial score (nSPS) is 17.2. The van der Waals surface area contributed by atoms with Gasteiger partial charge in [-0.05, 0) is 43.0 Å². The lowest BCUT2D eigenvalue weighted by Gasteiger charge is -2.25. The summed E-state index contributed by atoms with van der Waals surface area (Å²) >= 11 is 0. The molecule has 18 heavy (non-hydrogen) atoms. The standard InChI is InChI=1S/C17H25N/c1-7-8-9-18-14(4)17(5,6)15-10-12(2)13(3)11-16(15)18/h10-11H,4,7-9H2,1-3,5-6H3. The molecule has 0 amide bonds. The van der Waals surface area contributed by atoms with Crippen LogP contribution in [-0.2, 0) is 5.41 Å². The van der Waals surface area contributed by atoms with Crippen molar-refractivity contribution in [1.82, 2.24) is 0 Å². The zero-order valence-electron chi connectivity index (χ0n) is 12.4. The summed E-state index contributed by atoms with van der Waals surface area (Å²) in [5.41, 5.74) is 6.89. The van der Waals surface area contributed by atoms with E-state index in [1.54, 1.807) is 0 Å². The summed E-state index contributed by atoms with van der Waals surface area (Å²) in [6, 6.07) is 4.68. The maximum Gasteiger partial charge on any atom is 0.0453 e. The first-order chi connectivity index (χ1) is 8.39. The van der Waals surface area contributed by atoms with Crippen LogP contribution in [0.1, 0.15) is 50.3 Å². The van der Waals surface area contributed by atoms with Crippen LogP contribution in [0.5, 0.6) is 0 Å². The molecule has 0 aliphatic carbocycles. The molecule has 0 N–H and O–H groups in total. The highest BCUT2D eigenvalue weighted by molar-refractivity contribution is 5.71. The molecule has 1 heteroatoms. The molecule has 0 spiro atoms. The zero-order valence-corrected chi connectivity index (χ0v) is 12.4. The monoisotopic (exact) mass is 243 g/mol. The van der Waals surface area contributed by atoms with E-state index < -0.39 is 0 Å². The van der Waals surface area contributed by atoms with Crippen LogP contribution in [0, 0.1) is 13.8 Å². The third-order valence-corrected chi connectivity index (χ3v) is 4.36. The second-order valence-electron chi connectivity index (χ2n) is 6.03. The molecule has 0 unspecified atom stereocenters. The number of allylic oxidation sites excluding steroid dienone is 1. The molecule has 1 nitrogen and oxygen atoms in total. The van der Waals surface area contributed by atoms with E-state index in [2.05, 4.69) is 58.2 Å². The summed E-state index contributed by atoms with van der Waals surface area (Å²) in [5.74, 6) is 0. The first-order valence-electron chi connectivity index (χ1n) is 6.98. The average Bonchev–Trinajstić information content (AvgIpc) is 2.48. The van der Waals surface area contributed by atoms with Crippen LogP contribution in [-0.4, -0.2) is 6.54 Å². The van der Waals surface area contributed by atoms with Crippen molar-refractivity contribution in [2.24, 2.45) is 0 Å². The molecule has 0 radical (unpaired) electrons. The minimum atomic E-state index is 0.0710. The molecule has 0 fully saturated rings. The molecule has 1 heterocycles. The number of anilines is 1. The third-order valence-electron chi connectivity index (χ3n) is 4.36. The molecule has 98 valence electrons. The van der Waals surface area contributed by atoms with E-state index in [1.165, 1.54) is 40.9 Å². The summed E-state index contributed by atoms with van der Waals surface area (Å²) in [5, 5.41) is 0. The van der Waals surface area contributed by atoms with Gasteiger partial charge in [-0.2, -0.15) is 0 Å². The van der Waals surface area contributed by atoms with Crippen molar-refractivity contribution in [3.8, 4) is 0 Å². The fourth-order valence-corrected chi connectivity index (χ4v) is 2.73. The second-order valence-corrected chi connectivity index (χ2v) is 6.03. The largest absolute Gasteiger partial charge is 0.345 e. The smallest absolute Gasteiger partial charge is 0.0453 e. The second kappa shape index (κ2) is 4.46. The van der Waals surface area contributed by atoms with E-state index in [-0.39, 0.29) is 5.41 Å². The SMILES string of the molecule is C=C1N(CCCC)c2cc(C)c(C)cc2C1(C)C. The predicted molar refractivity (Wildman–Crippen MR) is 80.3 cm³/mol. The molecule has 1 aliphatic heterocycles. The molecule has 1 aliphatic rings. The number of rotatable bonds is 3. The first kappa shape index (κ1) is 13.2. The summed E-state index contributed by atoms with van der Waals surface area (Å²) in [6.45, 7) is 16.6. The van der Waals surface area contributed by atoms with Crippen molar-refractivity contribution < 1.29 is 0 Å². The van der Waals surface area contributed by atoms with E-state index >= 15 is 0 Å². The van der Waals surface area contributed by atoms with Gasteiger partial charge in [0.15, 0.2) is 0 Å². The molecule has 1 aromatic rings. The predicted octanol–water partition coefficient (Wildman–Crippen LogP) is 4.71. The summed E-state index contributed by atoms with van der Waals surface area (Å²) in [6.07, 6.45) is 2.45. The quantitative estimate of drug-likeness (QED) is 0.743. The van der Waals surface area contributed by atoms with Crippen LogP contribution in [0.2, 0.25) is 0 Å². The van der Waals surface area contributed by atoms with Crippen molar-refractivity contribution in [1.29, 1.82) is 0 Å². The molecule has 0 bridgehead atoms. The van der Waals surface area contributed by atoms with Crippen LogP contribution < -0.4 is 4.90 Å². The topological polar surface area (TPSA) is 3.24 Å². The van der Waals surface area contributed by atoms with Crippen molar-refractivity contribution in [2.45, 2.75) is 52.9 Å². The Labute approximate surface area is 112 Å². The molecular formula is C17H25N. The van der Waals surface area contributed by atoms with Gasteiger partial charge in [0.1, 0.15) is 0 Å². The highest BCUT2D eigenvalue weighted by Crippen LogP contribution is 2.47. The van der Waals surface area contributed by atoms with Crippen LogP contribution in [0.15, 0.2) is 24.4 Å². The van der Waals surface area contributed by atoms with Crippen LogP contribution in [0.25, 0.3) is 0 Å². The van der Waals surface area contributed by atoms with Gasteiger partial charge in [0.05, 0.1) is 0 Å². The summed E-state index contributed by atoms with van der Waals surface area (Å²) < 4.78 is 0. The van der Waals surface area contributed by atoms with E-state index in [9.17, 15) is 0 Å². The average molecular weight is 243 g/mol. The fraction of sp³-hybridized carbons (Fsp3) is 0.529. The Bertz CT molecular complexity index is 483. The third kappa shape index (κ3) is 1.86. The van der Waals surface area contributed by atoms with Gasteiger partial charge in [0, 0.05) is 23.3 Å². The molecule has 1 aromatic carbocycles. The van der Waals surface area contributed by atoms with E-state index in [0.717, 1.165) is 6.54 Å². The van der Waals surface area contributed by atoms with Crippen molar-refractivity contribution >= 4 is 5.69 Å².